The van der Waals surface area contributed by atoms with E-state index in [0.717, 1.165) is 0 Å². The number of carbonyl (C=O) groups excluding carboxylic acids is 5. The number of carbonyl (C=O) groups is 5. The lowest BCUT2D eigenvalue weighted by Crippen LogP contribution is -2.43. The standard InChI is InChI=1S/C16H22N2O6S/c1-9(20)17-13-8-25-14(15(13)18(10(2)21)16(17)23)6-4-5-12(7-19)24-11(3)22/h7,12-15H,4-6,8H2,1-3H3/t12?,13-,14-,15-/m0/s1. The average molecular weight is 370 g/mol. The topological polar surface area (TPSA) is 101 Å². The van der Waals surface area contributed by atoms with Crippen molar-refractivity contribution in [2.24, 2.45) is 0 Å². The lowest BCUT2D eigenvalue weighted by Gasteiger charge is -2.24. The van der Waals surface area contributed by atoms with Crippen LogP contribution in [0.25, 0.3) is 0 Å². The maximum Gasteiger partial charge on any atom is 0.334 e. The monoisotopic (exact) mass is 370 g/mol. The van der Waals surface area contributed by atoms with Gasteiger partial charge in [-0.2, -0.15) is 11.8 Å². The summed E-state index contributed by atoms with van der Waals surface area (Å²) in [4.78, 5) is 60.3. The highest BCUT2D eigenvalue weighted by Crippen LogP contribution is 2.41. The Morgan fingerprint density at radius 3 is 2.40 bits per heavy atom. The van der Waals surface area contributed by atoms with Crippen LogP contribution in [0.5, 0.6) is 0 Å². The van der Waals surface area contributed by atoms with Gasteiger partial charge in [-0.25, -0.2) is 4.79 Å². The molecule has 0 bridgehead atoms. The third-order valence-electron chi connectivity index (χ3n) is 4.42. The highest BCUT2D eigenvalue weighted by atomic mass is 32.2. The zero-order valence-electron chi connectivity index (χ0n) is 14.5. The van der Waals surface area contributed by atoms with E-state index in [9.17, 15) is 24.0 Å². The molecule has 25 heavy (non-hydrogen) atoms. The summed E-state index contributed by atoms with van der Waals surface area (Å²) in [6.07, 6.45) is 1.48. The van der Waals surface area contributed by atoms with E-state index in [1.807, 2.05) is 0 Å². The van der Waals surface area contributed by atoms with Crippen LogP contribution in [0.4, 0.5) is 4.79 Å². The minimum Gasteiger partial charge on any atom is -0.455 e. The van der Waals surface area contributed by atoms with Gasteiger partial charge in [-0.1, -0.05) is 0 Å². The van der Waals surface area contributed by atoms with Crippen molar-refractivity contribution >= 4 is 41.9 Å². The highest BCUT2D eigenvalue weighted by molar-refractivity contribution is 8.00. The van der Waals surface area contributed by atoms with Crippen molar-refractivity contribution in [1.29, 1.82) is 0 Å². The van der Waals surface area contributed by atoms with Gasteiger partial charge >= 0.3 is 12.0 Å². The Kier molecular flexibility index (Phi) is 6.21. The predicted molar refractivity (Wildman–Crippen MR) is 89.7 cm³/mol. The molecule has 0 N–H and O–H groups in total. The first-order valence-corrected chi connectivity index (χ1v) is 9.20. The zero-order valence-corrected chi connectivity index (χ0v) is 15.3. The molecule has 2 saturated heterocycles. The molecule has 8 nitrogen and oxygen atoms in total. The minimum atomic E-state index is -0.775. The van der Waals surface area contributed by atoms with E-state index >= 15 is 0 Å². The number of aldehydes is 1. The number of hydrogen-bond donors (Lipinski definition) is 0. The molecule has 1 unspecified atom stereocenters. The van der Waals surface area contributed by atoms with Crippen LogP contribution in [0.1, 0.15) is 40.0 Å². The molecule has 2 aliphatic heterocycles. The lowest BCUT2D eigenvalue weighted by molar-refractivity contribution is -0.149. The molecule has 2 heterocycles. The second kappa shape index (κ2) is 7.99. The summed E-state index contributed by atoms with van der Waals surface area (Å²) in [7, 11) is 0. The van der Waals surface area contributed by atoms with Gasteiger partial charge in [0.25, 0.3) is 0 Å². The van der Waals surface area contributed by atoms with Gasteiger partial charge in [0, 0.05) is 31.8 Å². The Hall–Kier alpha value is -1.90. The van der Waals surface area contributed by atoms with Gasteiger partial charge in [0.1, 0.15) is 0 Å². The summed E-state index contributed by atoms with van der Waals surface area (Å²) in [6, 6.07) is -1.20. The summed E-state index contributed by atoms with van der Waals surface area (Å²) < 4.78 is 4.89. The van der Waals surface area contributed by atoms with Gasteiger partial charge in [0.05, 0.1) is 12.1 Å². The molecule has 2 fully saturated rings. The van der Waals surface area contributed by atoms with Crippen molar-refractivity contribution in [1.82, 2.24) is 9.80 Å². The van der Waals surface area contributed by atoms with E-state index in [-0.39, 0.29) is 29.1 Å². The summed E-state index contributed by atoms with van der Waals surface area (Å²) in [6.45, 7) is 3.89. The summed E-state index contributed by atoms with van der Waals surface area (Å²) in [5.74, 6) is -0.651. The van der Waals surface area contributed by atoms with Crippen LogP contribution >= 0.6 is 11.8 Å². The first kappa shape index (κ1) is 19.4. The van der Waals surface area contributed by atoms with Crippen LogP contribution in [-0.4, -0.2) is 69.1 Å². The molecule has 0 spiro atoms. The van der Waals surface area contributed by atoms with Crippen LogP contribution in [0, 0.1) is 0 Å². The number of urea groups is 1. The van der Waals surface area contributed by atoms with E-state index in [4.69, 9.17) is 4.74 Å². The van der Waals surface area contributed by atoms with E-state index in [1.165, 1.54) is 30.6 Å². The average Bonchev–Trinajstić information content (AvgIpc) is 3.02. The Balaban J connectivity index is 2.02. The second-order valence-corrected chi connectivity index (χ2v) is 7.48. The number of thioether (sulfide) groups is 1. The molecule has 0 saturated carbocycles. The van der Waals surface area contributed by atoms with Crippen molar-refractivity contribution in [3.63, 3.8) is 0 Å². The highest BCUT2D eigenvalue weighted by Gasteiger charge is 2.55. The fourth-order valence-electron chi connectivity index (χ4n) is 3.47. The molecule has 0 aromatic carbocycles. The van der Waals surface area contributed by atoms with Crippen molar-refractivity contribution in [2.45, 2.75) is 63.5 Å². The molecule has 9 heteroatoms. The molecule has 0 aromatic rings. The number of amides is 4. The molecule has 0 radical (unpaired) electrons. The smallest absolute Gasteiger partial charge is 0.334 e. The predicted octanol–water partition coefficient (Wildman–Crippen LogP) is 0.970. The van der Waals surface area contributed by atoms with Crippen molar-refractivity contribution in [3.05, 3.63) is 0 Å². The van der Waals surface area contributed by atoms with Crippen molar-refractivity contribution < 1.29 is 28.7 Å². The largest absolute Gasteiger partial charge is 0.455 e. The first-order valence-electron chi connectivity index (χ1n) is 8.15. The summed E-state index contributed by atoms with van der Waals surface area (Å²) in [5, 5.41) is -0.00756. The second-order valence-electron chi connectivity index (χ2n) is 6.21. The Labute approximate surface area is 150 Å². The van der Waals surface area contributed by atoms with E-state index in [0.29, 0.717) is 31.3 Å². The van der Waals surface area contributed by atoms with Crippen LogP contribution in [-0.2, 0) is 23.9 Å². The minimum absolute atomic E-state index is 0.00756. The van der Waals surface area contributed by atoms with E-state index < -0.39 is 18.1 Å². The Morgan fingerprint density at radius 1 is 1.24 bits per heavy atom. The zero-order chi connectivity index (χ0) is 18.7. The number of imide groups is 2. The van der Waals surface area contributed by atoms with Gasteiger partial charge < -0.3 is 4.74 Å². The number of ether oxygens (including phenoxy) is 1. The maximum atomic E-state index is 12.4. The maximum absolute atomic E-state index is 12.4. The third kappa shape index (κ3) is 4.02. The van der Waals surface area contributed by atoms with Gasteiger partial charge in [0.2, 0.25) is 11.8 Å². The Bertz CT molecular complexity index is 595. The van der Waals surface area contributed by atoms with E-state index in [2.05, 4.69) is 0 Å². The molecule has 0 aromatic heterocycles. The first-order chi connectivity index (χ1) is 11.8. The lowest BCUT2D eigenvalue weighted by atomic mass is 10.0. The SMILES string of the molecule is CC(=O)OC(C=O)CCC[C@@H]1SC[C@H]2[C@@H]1N(C(C)=O)C(=O)N2C(C)=O. The molecule has 138 valence electrons. The fraction of sp³-hybridized carbons (Fsp3) is 0.688. The normalized spacial score (nSPS) is 26.4. The van der Waals surface area contributed by atoms with Crippen LogP contribution in [0.3, 0.4) is 0 Å². The molecule has 4 amide bonds. The van der Waals surface area contributed by atoms with Gasteiger partial charge in [0.15, 0.2) is 12.4 Å². The number of fused-ring (bicyclic) bond motifs is 1. The molecule has 2 rings (SSSR count). The van der Waals surface area contributed by atoms with Crippen molar-refractivity contribution in [3.8, 4) is 0 Å². The summed E-state index contributed by atoms with van der Waals surface area (Å²) in [5.41, 5.74) is 0. The number of rotatable bonds is 6. The van der Waals surface area contributed by atoms with E-state index in [1.54, 1.807) is 11.8 Å². The quantitative estimate of drug-likeness (QED) is 0.390. The van der Waals surface area contributed by atoms with Crippen molar-refractivity contribution in [2.75, 3.05) is 5.75 Å². The molecule has 4 atom stereocenters. The number of nitrogens with zero attached hydrogens (tertiary/aromatic N) is 2. The molecular weight excluding hydrogens is 348 g/mol. The molecule has 0 aliphatic carbocycles. The van der Waals surface area contributed by atoms with Gasteiger partial charge in [-0.3, -0.25) is 29.0 Å². The van der Waals surface area contributed by atoms with Crippen LogP contribution in [0.2, 0.25) is 0 Å². The number of esters is 1. The summed E-state index contributed by atoms with van der Waals surface area (Å²) >= 11 is 1.62. The van der Waals surface area contributed by atoms with Crippen LogP contribution < -0.4 is 0 Å². The number of hydrogen-bond acceptors (Lipinski definition) is 7. The van der Waals surface area contributed by atoms with Gasteiger partial charge in [-0.15, -0.1) is 0 Å². The fourth-order valence-corrected chi connectivity index (χ4v) is 5.10. The third-order valence-corrected chi connectivity index (χ3v) is 5.90. The van der Waals surface area contributed by atoms with Crippen LogP contribution in [0.15, 0.2) is 0 Å². The molecule has 2 aliphatic rings. The Morgan fingerprint density at radius 2 is 1.88 bits per heavy atom. The van der Waals surface area contributed by atoms with Gasteiger partial charge in [-0.05, 0) is 19.3 Å². The molecular formula is C16H22N2O6S.